The van der Waals surface area contributed by atoms with Crippen LogP contribution in [0, 0.1) is 0 Å². The first-order valence-electron chi connectivity index (χ1n) is 11.4. The number of rotatable bonds is 6. The van der Waals surface area contributed by atoms with Crippen LogP contribution in [0.25, 0.3) is 22.2 Å². The molecule has 0 atom stereocenters. The van der Waals surface area contributed by atoms with Crippen LogP contribution in [-0.4, -0.2) is 47.6 Å². The number of carbonyl (C=O) groups is 1. The van der Waals surface area contributed by atoms with Crippen LogP contribution in [-0.2, 0) is 0 Å². The molecule has 1 aliphatic carbocycles. The maximum atomic E-state index is 13.2. The summed E-state index contributed by atoms with van der Waals surface area (Å²) in [6.07, 6.45) is 4.73. The van der Waals surface area contributed by atoms with Crippen molar-refractivity contribution in [3.05, 3.63) is 60.2 Å². The van der Waals surface area contributed by atoms with Crippen molar-refractivity contribution in [3.63, 3.8) is 0 Å². The molecule has 0 spiro atoms. The minimum absolute atomic E-state index is 0.00402. The molecule has 1 saturated carbocycles. The first-order chi connectivity index (χ1) is 15.2. The summed E-state index contributed by atoms with van der Waals surface area (Å²) in [7, 11) is 0. The molecule has 5 nitrogen and oxygen atoms in total. The standard InChI is InChI=1S/C26H29N3O2/c1-2-31-21-11-9-18(10-12-21)25-17-23(22-7-3-4-8-24(22)28-25)26(30)27-19-15-20(16-19)29-13-5-6-14-29/h3-4,7-12,17,19-20H,2,5-6,13-16H2,1H3,(H,27,30). The van der Waals surface area contributed by atoms with Gasteiger partial charge in [0.15, 0.2) is 0 Å². The number of ether oxygens (including phenoxy) is 1. The van der Waals surface area contributed by atoms with Gasteiger partial charge in [0.05, 0.1) is 23.4 Å². The van der Waals surface area contributed by atoms with Crippen molar-refractivity contribution in [1.29, 1.82) is 0 Å². The largest absolute Gasteiger partial charge is 0.494 e. The topological polar surface area (TPSA) is 54.5 Å². The molecule has 3 aromatic rings. The van der Waals surface area contributed by atoms with Crippen molar-refractivity contribution in [2.75, 3.05) is 19.7 Å². The molecule has 2 fully saturated rings. The first kappa shape index (κ1) is 20.0. The van der Waals surface area contributed by atoms with E-state index >= 15 is 0 Å². The number of benzene rings is 2. The maximum Gasteiger partial charge on any atom is 0.252 e. The van der Waals surface area contributed by atoms with Crippen LogP contribution in [0.1, 0.15) is 43.0 Å². The Hall–Kier alpha value is -2.92. The van der Waals surface area contributed by atoms with Gasteiger partial charge in [0.25, 0.3) is 5.91 Å². The highest BCUT2D eigenvalue weighted by atomic mass is 16.5. The fourth-order valence-electron chi connectivity index (χ4n) is 4.77. The molecule has 5 heteroatoms. The molecule has 1 N–H and O–H groups in total. The van der Waals surface area contributed by atoms with Crippen LogP contribution < -0.4 is 10.1 Å². The fraction of sp³-hybridized carbons (Fsp3) is 0.385. The number of aromatic nitrogens is 1. The highest BCUT2D eigenvalue weighted by molar-refractivity contribution is 6.07. The second-order valence-electron chi connectivity index (χ2n) is 8.57. The summed E-state index contributed by atoms with van der Waals surface area (Å²) in [5.74, 6) is 0.832. The second kappa shape index (κ2) is 8.67. The first-order valence-corrected chi connectivity index (χ1v) is 11.4. The third-order valence-corrected chi connectivity index (χ3v) is 6.53. The highest BCUT2D eigenvalue weighted by Crippen LogP contribution is 2.30. The molecular formula is C26H29N3O2. The molecular weight excluding hydrogens is 386 g/mol. The summed E-state index contributed by atoms with van der Waals surface area (Å²) in [4.78, 5) is 20.6. The van der Waals surface area contributed by atoms with E-state index in [0.29, 0.717) is 18.2 Å². The van der Waals surface area contributed by atoms with Crippen LogP contribution in [0.5, 0.6) is 5.75 Å². The van der Waals surface area contributed by atoms with E-state index < -0.39 is 0 Å². The second-order valence-corrected chi connectivity index (χ2v) is 8.57. The molecule has 1 saturated heterocycles. The van der Waals surface area contributed by atoms with Crippen LogP contribution in [0.15, 0.2) is 54.6 Å². The van der Waals surface area contributed by atoms with Gasteiger partial charge in [-0.3, -0.25) is 4.79 Å². The molecule has 1 amide bonds. The number of hydrogen-bond donors (Lipinski definition) is 1. The van der Waals surface area contributed by atoms with E-state index in [4.69, 9.17) is 9.72 Å². The van der Waals surface area contributed by atoms with Gasteiger partial charge in [0.2, 0.25) is 0 Å². The van der Waals surface area contributed by atoms with Crippen molar-refractivity contribution < 1.29 is 9.53 Å². The third kappa shape index (κ3) is 4.15. The quantitative estimate of drug-likeness (QED) is 0.636. The molecule has 0 bridgehead atoms. The Labute approximate surface area is 183 Å². The normalized spacial score (nSPS) is 21.1. The van der Waals surface area contributed by atoms with E-state index in [9.17, 15) is 4.79 Å². The Morgan fingerprint density at radius 3 is 2.58 bits per heavy atom. The summed E-state index contributed by atoms with van der Waals surface area (Å²) in [6.45, 7) is 5.04. The van der Waals surface area contributed by atoms with Crippen molar-refractivity contribution in [2.24, 2.45) is 0 Å². The molecule has 0 unspecified atom stereocenters. The number of para-hydroxylation sites is 1. The number of likely N-dealkylation sites (tertiary alicyclic amines) is 1. The van der Waals surface area contributed by atoms with Crippen LogP contribution in [0.4, 0.5) is 0 Å². The minimum atomic E-state index is -0.00402. The number of fused-ring (bicyclic) bond motifs is 1. The monoisotopic (exact) mass is 415 g/mol. The number of amides is 1. The van der Waals surface area contributed by atoms with Gasteiger partial charge in [0.1, 0.15) is 5.75 Å². The van der Waals surface area contributed by atoms with Gasteiger partial charge in [-0.15, -0.1) is 0 Å². The molecule has 2 heterocycles. The summed E-state index contributed by atoms with van der Waals surface area (Å²) in [5, 5.41) is 4.16. The maximum absolute atomic E-state index is 13.2. The molecule has 31 heavy (non-hydrogen) atoms. The van der Waals surface area contributed by atoms with Gasteiger partial charge in [-0.2, -0.15) is 0 Å². The van der Waals surface area contributed by atoms with Crippen molar-refractivity contribution >= 4 is 16.8 Å². The summed E-state index contributed by atoms with van der Waals surface area (Å²) in [5.41, 5.74) is 3.30. The van der Waals surface area contributed by atoms with Gasteiger partial charge in [0, 0.05) is 23.0 Å². The molecule has 5 rings (SSSR count). The molecule has 1 aliphatic heterocycles. The van der Waals surface area contributed by atoms with E-state index in [1.54, 1.807) is 0 Å². The molecule has 2 aliphatic rings. The lowest BCUT2D eigenvalue weighted by Gasteiger charge is -2.41. The minimum Gasteiger partial charge on any atom is -0.494 e. The Morgan fingerprint density at radius 2 is 1.84 bits per heavy atom. The number of hydrogen-bond acceptors (Lipinski definition) is 4. The van der Waals surface area contributed by atoms with Gasteiger partial charge in [-0.05, 0) is 82.1 Å². The summed E-state index contributed by atoms with van der Waals surface area (Å²) in [6, 6.07) is 18.6. The smallest absolute Gasteiger partial charge is 0.252 e. The summed E-state index contributed by atoms with van der Waals surface area (Å²) < 4.78 is 5.55. The summed E-state index contributed by atoms with van der Waals surface area (Å²) >= 11 is 0. The lowest BCUT2D eigenvalue weighted by Crippen LogP contribution is -2.53. The van der Waals surface area contributed by atoms with E-state index in [0.717, 1.165) is 40.8 Å². The van der Waals surface area contributed by atoms with E-state index in [2.05, 4.69) is 10.2 Å². The Bertz CT molecular complexity index is 1070. The Balaban J connectivity index is 1.37. The average Bonchev–Trinajstić information content (AvgIpc) is 3.30. The number of nitrogens with zero attached hydrogens (tertiary/aromatic N) is 2. The van der Waals surface area contributed by atoms with Crippen LogP contribution in [0.3, 0.4) is 0 Å². The van der Waals surface area contributed by atoms with Crippen LogP contribution >= 0.6 is 0 Å². The van der Waals surface area contributed by atoms with Gasteiger partial charge < -0.3 is 15.0 Å². The van der Waals surface area contributed by atoms with E-state index in [-0.39, 0.29) is 11.9 Å². The number of pyridine rings is 1. The van der Waals surface area contributed by atoms with Gasteiger partial charge in [-0.25, -0.2) is 4.98 Å². The third-order valence-electron chi connectivity index (χ3n) is 6.53. The van der Waals surface area contributed by atoms with Crippen molar-refractivity contribution in [2.45, 2.75) is 44.7 Å². The number of carbonyl (C=O) groups excluding carboxylic acids is 1. The van der Waals surface area contributed by atoms with Crippen molar-refractivity contribution in [1.82, 2.24) is 15.2 Å². The average molecular weight is 416 g/mol. The number of nitrogens with one attached hydrogen (secondary N) is 1. The lowest BCUT2D eigenvalue weighted by molar-refractivity contribution is 0.0821. The predicted molar refractivity (Wildman–Crippen MR) is 123 cm³/mol. The molecule has 1 aromatic heterocycles. The van der Waals surface area contributed by atoms with Crippen molar-refractivity contribution in [3.8, 4) is 17.0 Å². The highest BCUT2D eigenvalue weighted by Gasteiger charge is 2.35. The fourth-order valence-corrected chi connectivity index (χ4v) is 4.77. The zero-order valence-corrected chi connectivity index (χ0v) is 18.0. The Kier molecular flexibility index (Phi) is 5.60. The van der Waals surface area contributed by atoms with Gasteiger partial charge in [-0.1, -0.05) is 18.2 Å². The molecule has 160 valence electrons. The Morgan fingerprint density at radius 1 is 1.10 bits per heavy atom. The lowest BCUT2D eigenvalue weighted by atomic mass is 9.85. The van der Waals surface area contributed by atoms with E-state index in [1.807, 2.05) is 61.5 Å². The zero-order valence-electron chi connectivity index (χ0n) is 18.0. The van der Waals surface area contributed by atoms with E-state index in [1.165, 1.54) is 25.9 Å². The molecule has 0 radical (unpaired) electrons. The van der Waals surface area contributed by atoms with Crippen LogP contribution in [0.2, 0.25) is 0 Å². The predicted octanol–water partition coefficient (Wildman–Crippen LogP) is 4.66. The van der Waals surface area contributed by atoms with Gasteiger partial charge >= 0.3 is 0 Å². The molecule has 2 aromatic carbocycles. The zero-order chi connectivity index (χ0) is 21.2. The SMILES string of the molecule is CCOc1ccc(-c2cc(C(=O)NC3CC(N4CCCC4)C3)c3ccccc3n2)cc1.